The first-order chi connectivity index (χ1) is 7.83. The number of pyridine rings is 1. The van der Waals surface area contributed by atoms with Crippen LogP contribution in [0.25, 0.3) is 5.52 Å². The van der Waals surface area contributed by atoms with Gasteiger partial charge in [0.2, 0.25) is 0 Å². The summed E-state index contributed by atoms with van der Waals surface area (Å²) in [5.74, 6) is 3.13. The summed E-state index contributed by atoms with van der Waals surface area (Å²) in [6, 6.07) is 5.38. The lowest BCUT2D eigenvalue weighted by Crippen LogP contribution is -2.08. The molecule has 3 nitrogen and oxygen atoms in total. The summed E-state index contributed by atoms with van der Waals surface area (Å²) < 4.78 is 1.93. The van der Waals surface area contributed by atoms with Crippen molar-refractivity contribution >= 4 is 17.3 Å². The van der Waals surface area contributed by atoms with Crippen molar-refractivity contribution in [2.75, 3.05) is 11.5 Å². The van der Waals surface area contributed by atoms with Crippen LogP contribution in [0.15, 0.2) is 29.2 Å². The average Bonchev–Trinajstić information content (AvgIpc) is 2.73. The molecule has 1 N–H and O–H groups in total. The molecular formula is C12H14N2OS. The third kappa shape index (κ3) is 1.78. The molecular weight excluding hydrogens is 220 g/mol. The van der Waals surface area contributed by atoms with E-state index in [0.717, 1.165) is 5.52 Å². The highest BCUT2D eigenvalue weighted by Crippen LogP contribution is 2.30. The molecule has 1 fully saturated rings. The van der Waals surface area contributed by atoms with Crippen molar-refractivity contribution in [1.82, 2.24) is 9.61 Å². The molecule has 0 atom stereocenters. The molecule has 0 aliphatic carbocycles. The molecule has 0 amide bonds. The zero-order chi connectivity index (χ0) is 11.0. The minimum absolute atomic E-state index is 0.0738. The zero-order valence-electron chi connectivity index (χ0n) is 8.98. The standard InChI is InChI=1S/C12H14N2OS/c15-11-1-4-14-10(7-11)8-12(13-14)9-2-5-16-6-3-9/h1,4,7-9,13H,2-3,5-6H2. The van der Waals surface area contributed by atoms with E-state index >= 15 is 0 Å². The fourth-order valence-corrected chi connectivity index (χ4v) is 3.37. The van der Waals surface area contributed by atoms with Gasteiger partial charge in [-0.3, -0.25) is 14.4 Å². The van der Waals surface area contributed by atoms with Gasteiger partial charge >= 0.3 is 0 Å². The average molecular weight is 234 g/mol. The number of thioether (sulfide) groups is 1. The van der Waals surface area contributed by atoms with E-state index in [1.54, 1.807) is 18.3 Å². The molecule has 2 aromatic rings. The van der Waals surface area contributed by atoms with Crippen molar-refractivity contribution in [3.8, 4) is 0 Å². The lowest BCUT2D eigenvalue weighted by Gasteiger charge is -2.19. The van der Waals surface area contributed by atoms with Gasteiger partial charge < -0.3 is 0 Å². The molecule has 0 radical (unpaired) electrons. The molecule has 2 aromatic heterocycles. The van der Waals surface area contributed by atoms with Crippen LogP contribution in [0.2, 0.25) is 0 Å². The van der Waals surface area contributed by atoms with Crippen LogP contribution in [0.4, 0.5) is 0 Å². The van der Waals surface area contributed by atoms with Crippen LogP contribution in [0, 0.1) is 0 Å². The van der Waals surface area contributed by atoms with Gasteiger partial charge in [0.15, 0.2) is 5.43 Å². The summed E-state index contributed by atoms with van der Waals surface area (Å²) in [6.45, 7) is 0. The lowest BCUT2D eigenvalue weighted by atomic mass is 9.99. The summed E-state index contributed by atoms with van der Waals surface area (Å²) in [4.78, 5) is 11.2. The maximum Gasteiger partial charge on any atom is 0.182 e. The number of hydrogen-bond acceptors (Lipinski definition) is 2. The largest absolute Gasteiger partial charge is 0.298 e. The zero-order valence-corrected chi connectivity index (χ0v) is 9.80. The Morgan fingerprint density at radius 1 is 1.31 bits per heavy atom. The first-order valence-electron chi connectivity index (χ1n) is 5.62. The number of fused-ring (bicyclic) bond motifs is 1. The third-order valence-corrected chi connectivity index (χ3v) is 4.22. The Bertz CT molecular complexity index is 551. The Morgan fingerprint density at radius 3 is 2.94 bits per heavy atom. The van der Waals surface area contributed by atoms with Gasteiger partial charge in [0.25, 0.3) is 0 Å². The van der Waals surface area contributed by atoms with Gasteiger partial charge in [-0.25, -0.2) is 0 Å². The molecule has 1 aliphatic heterocycles. The van der Waals surface area contributed by atoms with Crippen LogP contribution in [0.1, 0.15) is 24.5 Å². The molecule has 4 heteroatoms. The van der Waals surface area contributed by atoms with Gasteiger partial charge in [-0.1, -0.05) is 0 Å². The number of aromatic nitrogens is 2. The third-order valence-electron chi connectivity index (χ3n) is 3.17. The number of hydrogen-bond donors (Lipinski definition) is 1. The van der Waals surface area contributed by atoms with E-state index < -0.39 is 0 Å². The normalized spacial score (nSPS) is 18.0. The highest BCUT2D eigenvalue weighted by Gasteiger charge is 2.17. The molecule has 3 heterocycles. The molecule has 1 saturated heterocycles. The highest BCUT2D eigenvalue weighted by molar-refractivity contribution is 7.99. The van der Waals surface area contributed by atoms with Crippen LogP contribution in [-0.2, 0) is 0 Å². The fourth-order valence-electron chi connectivity index (χ4n) is 2.26. The van der Waals surface area contributed by atoms with Gasteiger partial charge in [-0.15, -0.1) is 0 Å². The molecule has 0 aromatic carbocycles. The van der Waals surface area contributed by atoms with E-state index in [1.165, 1.54) is 30.0 Å². The van der Waals surface area contributed by atoms with Crippen molar-refractivity contribution in [3.63, 3.8) is 0 Å². The first kappa shape index (κ1) is 10.0. The smallest absolute Gasteiger partial charge is 0.182 e. The second kappa shape index (κ2) is 4.01. The minimum Gasteiger partial charge on any atom is -0.298 e. The molecule has 0 spiro atoms. The Kier molecular flexibility index (Phi) is 2.52. The van der Waals surface area contributed by atoms with Gasteiger partial charge in [-0.2, -0.15) is 11.8 Å². The highest BCUT2D eigenvalue weighted by atomic mass is 32.2. The Hall–Kier alpha value is -1.16. The molecule has 16 heavy (non-hydrogen) atoms. The van der Waals surface area contributed by atoms with Crippen molar-refractivity contribution in [2.45, 2.75) is 18.8 Å². The van der Waals surface area contributed by atoms with Crippen molar-refractivity contribution in [3.05, 3.63) is 40.3 Å². The maximum absolute atomic E-state index is 11.2. The summed E-state index contributed by atoms with van der Waals surface area (Å²) in [7, 11) is 0. The van der Waals surface area contributed by atoms with E-state index in [1.807, 2.05) is 16.3 Å². The van der Waals surface area contributed by atoms with E-state index in [9.17, 15) is 4.79 Å². The molecule has 84 valence electrons. The van der Waals surface area contributed by atoms with E-state index in [-0.39, 0.29) is 5.43 Å². The number of nitrogens with one attached hydrogen (secondary N) is 1. The number of aromatic amines is 1. The van der Waals surface area contributed by atoms with Crippen LogP contribution >= 0.6 is 11.8 Å². The summed E-state index contributed by atoms with van der Waals surface area (Å²) in [5, 5.41) is 3.36. The Morgan fingerprint density at radius 2 is 2.12 bits per heavy atom. The summed E-state index contributed by atoms with van der Waals surface area (Å²) in [5.41, 5.74) is 2.32. The second-order valence-corrected chi connectivity index (χ2v) is 5.48. The SMILES string of the molecule is O=c1ccn2[nH]c(C3CCSCC3)cc2c1. The van der Waals surface area contributed by atoms with Crippen LogP contribution in [-0.4, -0.2) is 21.1 Å². The Balaban J connectivity index is 2.00. The number of nitrogens with zero attached hydrogens (tertiary/aromatic N) is 1. The lowest BCUT2D eigenvalue weighted by molar-refractivity contribution is 0.612. The maximum atomic E-state index is 11.2. The fraction of sp³-hybridized carbons (Fsp3) is 0.417. The first-order valence-corrected chi connectivity index (χ1v) is 6.77. The van der Waals surface area contributed by atoms with Gasteiger partial charge in [0.05, 0.1) is 5.52 Å². The van der Waals surface area contributed by atoms with E-state index in [4.69, 9.17) is 0 Å². The van der Waals surface area contributed by atoms with Gasteiger partial charge in [0.1, 0.15) is 0 Å². The predicted molar refractivity (Wildman–Crippen MR) is 67.3 cm³/mol. The quantitative estimate of drug-likeness (QED) is 0.821. The van der Waals surface area contributed by atoms with Crippen molar-refractivity contribution in [1.29, 1.82) is 0 Å². The molecule has 0 bridgehead atoms. The summed E-state index contributed by atoms with van der Waals surface area (Å²) in [6.07, 6.45) is 4.28. The van der Waals surface area contributed by atoms with Crippen molar-refractivity contribution < 1.29 is 0 Å². The monoisotopic (exact) mass is 234 g/mol. The topological polar surface area (TPSA) is 37.3 Å². The van der Waals surface area contributed by atoms with Gasteiger partial charge in [0, 0.05) is 29.9 Å². The second-order valence-electron chi connectivity index (χ2n) is 4.26. The van der Waals surface area contributed by atoms with Crippen LogP contribution in [0.3, 0.4) is 0 Å². The predicted octanol–water partition coefficient (Wildman–Crippen LogP) is 2.24. The molecule has 3 rings (SSSR count). The van der Waals surface area contributed by atoms with Crippen molar-refractivity contribution in [2.24, 2.45) is 0 Å². The van der Waals surface area contributed by atoms with Gasteiger partial charge in [-0.05, 0) is 30.4 Å². The molecule has 1 aliphatic rings. The van der Waals surface area contributed by atoms with E-state index in [0.29, 0.717) is 5.92 Å². The van der Waals surface area contributed by atoms with Crippen LogP contribution in [0.5, 0.6) is 0 Å². The van der Waals surface area contributed by atoms with Crippen LogP contribution < -0.4 is 5.43 Å². The molecule has 0 unspecified atom stereocenters. The number of H-pyrrole nitrogens is 1. The number of rotatable bonds is 1. The Labute approximate surface area is 97.8 Å². The molecule has 0 saturated carbocycles. The van der Waals surface area contributed by atoms with E-state index in [2.05, 4.69) is 11.2 Å². The minimum atomic E-state index is 0.0738. The summed E-state index contributed by atoms with van der Waals surface area (Å²) >= 11 is 2.03.